The third kappa shape index (κ3) is 2.05. The molecule has 0 aromatic carbocycles. The monoisotopic (exact) mass is 288 g/mol. The first-order chi connectivity index (χ1) is 9.70. The maximum absolute atomic E-state index is 11.8. The molecule has 102 valence electrons. The zero-order chi connectivity index (χ0) is 14.1. The maximum Gasteiger partial charge on any atom is 0.350 e. The van der Waals surface area contributed by atoms with Crippen LogP contribution in [0.15, 0.2) is 24.8 Å². The highest BCUT2D eigenvalue weighted by atomic mass is 32.1. The van der Waals surface area contributed by atoms with Crippen LogP contribution in [0.25, 0.3) is 16.3 Å². The van der Waals surface area contributed by atoms with Crippen LogP contribution in [0.3, 0.4) is 0 Å². The van der Waals surface area contributed by atoms with Crippen LogP contribution < -0.4 is 0 Å². The molecule has 3 rings (SSSR count). The number of hydrogen-bond acceptors (Lipinski definition) is 6. The van der Waals surface area contributed by atoms with E-state index < -0.39 is 0 Å². The molecule has 20 heavy (non-hydrogen) atoms. The van der Waals surface area contributed by atoms with E-state index in [2.05, 4.69) is 15.0 Å². The zero-order valence-electron chi connectivity index (χ0n) is 11.0. The van der Waals surface area contributed by atoms with Crippen LogP contribution in [0, 0.1) is 6.92 Å². The zero-order valence-corrected chi connectivity index (χ0v) is 11.8. The highest BCUT2D eigenvalue weighted by molar-refractivity contribution is 7.19. The number of carbonyl (C=O) groups is 1. The van der Waals surface area contributed by atoms with Crippen molar-refractivity contribution in [2.75, 3.05) is 6.61 Å². The van der Waals surface area contributed by atoms with Gasteiger partial charge in [0.15, 0.2) is 4.96 Å². The van der Waals surface area contributed by atoms with Gasteiger partial charge in [-0.2, -0.15) is 0 Å². The number of esters is 1. The van der Waals surface area contributed by atoms with Gasteiger partial charge < -0.3 is 4.74 Å². The van der Waals surface area contributed by atoms with Crippen molar-refractivity contribution in [3.8, 4) is 11.4 Å². The summed E-state index contributed by atoms with van der Waals surface area (Å²) in [4.78, 5) is 25.9. The summed E-state index contributed by atoms with van der Waals surface area (Å²) >= 11 is 1.32. The Kier molecular flexibility index (Phi) is 3.19. The first kappa shape index (κ1) is 12.7. The van der Waals surface area contributed by atoms with E-state index in [1.165, 1.54) is 11.3 Å². The van der Waals surface area contributed by atoms with Crippen LogP contribution >= 0.6 is 11.3 Å². The van der Waals surface area contributed by atoms with Crippen LogP contribution in [0.4, 0.5) is 0 Å². The lowest BCUT2D eigenvalue weighted by atomic mass is 10.3. The Morgan fingerprint density at radius 3 is 2.90 bits per heavy atom. The highest BCUT2D eigenvalue weighted by Gasteiger charge is 2.19. The van der Waals surface area contributed by atoms with Gasteiger partial charge in [-0.1, -0.05) is 11.3 Å². The van der Waals surface area contributed by atoms with Gasteiger partial charge in [-0.05, 0) is 13.8 Å². The minimum Gasteiger partial charge on any atom is -0.462 e. The molecule has 0 bridgehead atoms. The third-order valence-corrected chi connectivity index (χ3v) is 3.98. The minimum absolute atomic E-state index is 0.304. The molecule has 6 nitrogen and oxygen atoms in total. The number of hydrogen-bond donors (Lipinski definition) is 0. The number of nitrogens with zero attached hydrogens (tertiary/aromatic N) is 4. The van der Waals surface area contributed by atoms with Crippen LogP contribution in [0.1, 0.15) is 22.3 Å². The Balaban J connectivity index is 2.04. The number of aryl methyl sites for hydroxylation is 1. The average Bonchev–Trinajstić information content (AvgIpc) is 3.00. The molecule has 0 aliphatic rings. The van der Waals surface area contributed by atoms with Crippen LogP contribution in [0.5, 0.6) is 0 Å². The fourth-order valence-corrected chi connectivity index (χ4v) is 2.89. The predicted molar refractivity (Wildman–Crippen MR) is 74.8 cm³/mol. The van der Waals surface area contributed by atoms with Crippen LogP contribution in [0.2, 0.25) is 0 Å². The molecule has 0 amide bonds. The standard InChI is InChI=1S/C13H12N4O2S/c1-3-19-12(18)11-8(2)17-7-10(16-13(17)20-11)9-6-14-4-5-15-9/h4-7H,3H2,1-2H3. The summed E-state index contributed by atoms with van der Waals surface area (Å²) in [5, 5.41) is 0. The topological polar surface area (TPSA) is 69.4 Å². The number of rotatable bonds is 3. The van der Waals surface area contributed by atoms with Crippen molar-refractivity contribution in [2.24, 2.45) is 0 Å². The lowest BCUT2D eigenvalue weighted by Gasteiger charge is -1.99. The average molecular weight is 288 g/mol. The molecule has 0 saturated carbocycles. The number of imidazole rings is 1. The molecule has 3 heterocycles. The smallest absolute Gasteiger partial charge is 0.350 e. The van der Waals surface area contributed by atoms with E-state index in [0.29, 0.717) is 17.2 Å². The van der Waals surface area contributed by atoms with E-state index in [1.807, 2.05) is 17.5 Å². The Bertz CT molecular complexity index is 763. The molecule has 0 unspecified atom stereocenters. The Morgan fingerprint density at radius 1 is 1.40 bits per heavy atom. The van der Waals surface area contributed by atoms with Gasteiger partial charge in [0.2, 0.25) is 0 Å². The minimum atomic E-state index is -0.304. The molecule has 0 saturated heterocycles. The number of fused-ring (bicyclic) bond motifs is 1. The summed E-state index contributed by atoms with van der Waals surface area (Å²) in [6, 6.07) is 0. The van der Waals surface area contributed by atoms with Gasteiger partial charge in [0.25, 0.3) is 0 Å². The quantitative estimate of drug-likeness (QED) is 0.692. The number of ether oxygens (including phenoxy) is 1. The highest BCUT2D eigenvalue weighted by Crippen LogP contribution is 2.26. The van der Waals surface area contributed by atoms with E-state index in [1.54, 1.807) is 25.5 Å². The van der Waals surface area contributed by atoms with E-state index in [9.17, 15) is 4.79 Å². The molecule has 3 aromatic heterocycles. The molecule has 7 heteroatoms. The van der Waals surface area contributed by atoms with Crippen LogP contribution in [-0.4, -0.2) is 31.9 Å². The molecule has 0 fully saturated rings. The van der Waals surface area contributed by atoms with E-state index in [4.69, 9.17) is 4.74 Å². The van der Waals surface area contributed by atoms with Gasteiger partial charge in [-0.15, -0.1) is 0 Å². The Hall–Kier alpha value is -2.28. The Labute approximate surface area is 119 Å². The van der Waals surface area contributed by atoms with Crippen molar-refractivity contribution in [3.05, 3.63) is 35.4 Å². The van der Waals surface area contributed by atoms with Crippen molar-refractivity contribution in [3.63, 3.8) is 0 Å². The van der Waals surface area contributed by atoms with Gasteiger partial charge in [-0.3, -0.25) is 14.4 Å². The fourth-order valence-electron chi connectivity index (χ4n) is 1.89. The Morgan fingerprint density at radius 2 is 2.25 bits per heavy atom. The lowest BCUT2D eigenvalue weighted by Crippen LogP contribution is -2.04. The van der Waals surface area contributed by atoms with Crippen molar-refractivity contribution < 1.29 is 9.53 Å². The molecule has 0 aliphatic carbocycles. The second kappa shape index (κ2) is 5.01. The first-order valence-electron chi connectivity index (χ1n) is 6.12. The van der Waals surface area contributed by atoms with Crippen molar-refractivity contribution in [1.29, 1.82) is 0 Å². The maximum atomic E-state index is 11.8. The summed E-state index contributed by atoms with van der Waals surface area (Å²) in [5.41, 5.74) is 2.27. The van der Waals surface area contributed by atoms with Crippen LogP contribution in [-0.2, 0) is 4.74 Å². The van der Waals surface area contributed by atoms with E-state index in [-0.39, 0.29) is 5.97 Å². The molecule has 0 radical (unpaired) electrons. The summed E-state index contributed by atoms with van der Waals surface area (Å²) in [6.45, 7) is 4.03. The van der Waals surface area contributed by atoms with Gasteiger partial charge in [0.05, 0.1) is 12.8 Å². The lowest BCUT2D eigenvalue weighted by molar-refractivity contribution is 0.0531. The fraction of sp³-hybridized carbons (Fsp3) is 0.231. The third-order valence-electron chi connectivity index (χ3n) is 2.84. The normalized spacial score (nSPS) is 10.9. The van der Waals surface area contributed by atoms with E-state index >= 15 is 0 Å². The number of carbonyl (C=O) groups excluding carboxylic acids is 1. The van der Waals surface area contributed by atoms with Gasteiger partial charge >= 0.3 is 5.97 Å². The summed E-state index contributed by atoms with van der Waals surface area (Å²) < 4.78 is 6.91. The SMILES string of the molecule is CCOC(=O)c1sc2nc(-c3cnccn3)cn2c1C. The predicted octanol–water partition coefficient (Wildman–Crippen LogP) is 2.34. The van der Waals surface area contributed by atoms with Gasteiger partial charge in [0.1, 0.15) is 16.3 Å². The molecular formula is C13H12N4O2S. The van der Waals surface area contributed by atoms with Crippen molar-refractivity contribution in [2.45, 2.75) is 13.8 Å². The van der Waals surface area contributed by atoms with Gasteiger partial charge in [0, 0.05) is 24.3 Å². The second-order valence-corrected chi connectivity index (χ2v) is 5.08. The molecule has 0 aliphatic heterocycles. The van der Waals surface area contributed by atoms with Crippen molar-refractivity contribution in [1.82, 2.24) is 19.4 Å². The summed E-state index contributed by atoms with van der Waals surface area (Å²) in [6.07, 6.45) is 6.76. The molecule has 0 N–H and O–H groups in total. The largest absolute Gasteiger partial charge is 0.462 e. The number of aromatic nitrogens is 4. The molecule has 0 spiro atoms. The number of thiazole rings is 1. The van der Waals surface area contributed by atoms with E-state index in [0.717, 1.165) is 16.3 Å². The summed E-state index contributed by atoms with van der Waals surface area (Å²) in [7, 11) is 0. The first-order valence-corrected chi connectivity index (χ1v) is 6.94. The molecular weight excluding hydrogens is 276 g/mol. The molecule has 3 aromatic rings. The van der Waals surface area contributed by atoms with Gasteiger partial charge in [-0.25, -0.2) is 9.78 Å². The summed E-state index contributed by atoms with van der Waals surface area (Å²) in [5.74, 6) is -0.304. The second-order valence-electron chi connectivity index (χ2n) is 4.11. The van der Waals surface area contributed by atoms with Crippen molar-refractivity contribution >= 4 is 22.3 Å². The molecule has 0 atom stereocenters.